The Hall–Kier alpha value is -1.10. The third kappa shape index (κ3) is 5.20. The van der Waals surface area contributed by atoms with Gasteiger partial charge in [0.2, 0.25) is 0 Å². The zero-order chi connectivity index (χ0) is 16.9. The molecule has 0 unspecified atom stereocenters. The van der Waals surface area contributed by atoms with Gasteiger partial charge >= 0.3 is 0 Å². The summed E-state index contributed by atoms with van der Waals surface area (Å²) in [4.78, 5) is 2.41. The van der Waals surface area contributed by atoms with E-state index in [0.717, 1.165) is 38.6 Å². The summed E-state index contributed by atoms with van der Waals surface area (Å²) < 4.78 is 11.9. The summed E-state index contributed by atoms with van der Waals surface area (Å²) in [6.07, 6.45) is 4.43. The molecule has 4 heteroatoms. The monoisotopic (exact) mass is 333 g/mol. The Morgan fingerprint density at radius 3 is 2.48 bits per heavy atom. The molecule has 1 saturated heterocycles. The quantitative estimate of drug-likeness (QED) is 0.745. The maximum absolute atomic E-state index is 6.49. The molecule has 1 aromatic carbocycles. The predicted molar refractivity (Wildman–Crippen MR) is 101 cm³/mol. The lowest BCUT2D eigenvalue weighted by Gasteiger charge is -2.36. The summed E-state index contributed by atoms with van der Waals surface area (Å²) in [6.45, 7) is 16.1. The van der Waals surface area contributed by atoms with Crippen LogP contribution in [-0.4, -0.2) is 46.1 Å². The molecule has 1 aliphatic heterocycles. The highest BCUT2D eigenvalue weighted by Gasteiger charge is 2.39. The largest absolute Gasteiger partial charge is 0.543 e. The van der Waals surface area contributed by atoms with Gasteiger partial charge in [-0.05, 0) is 24.2 Å². The van der Waals surface area contributed by atoms with E-state index in [0.29, 0.717) is 0 Å². The van der Waals surface area contributed by atoms with Crippen molar-refractivity contribution < 1.29 is 9.16 Å². The number of morpholine rings is 1. The van der Waals surface area contributed by atoms with Crippen molar-refractivity contribution in [2.45, 2.75) is 38.9 Å². The number of hydrogen-bond donors (Lipinski definition) is 0. The zero-order valence-corrected chi connectivity index (χ0v) is 16.3. The van der Waals surface area contributed by atoms with Gasteiger partial charge in [0.25, 0.3) is 8.32 Å². The van der Waals surface area contributed by atoms with Crippen molar-refractivity contribution in [3.63, 3.8) is 0 Å². The van der Waals surface area contributed by atoms with Gasteiger partial charge in [-0.25, -0.2) is 0 Å². The lowest BCUT2D eigenvalue weighted by molar-refractivity contribution is 0.0435. The fraction of sp³-hybridized carbons (Fsp3) is 0.579. The van der Waals surface area contributed by atoms with Gasteiger partial charge in [0.15, 0.2) is 0 Å². The Bertz CT molecular complexity index is 528. The fourth-order valence-electron chi connectivity index (χ4n) is 2.25. The zero-order valence-electron chi connectivity index (χ0n) is 15.3. The van der Waals surface area contributed by atoms with Gasteiger partial charge in [0, 0.05) is 25.2 Å². The molecule has 128 valence electrons. The van der Waals surface area contributed by atoms with E-state index in [1.54, 1.807) is 0 Å². The van der Waals surface area contributed by atoms with Crippen LogP contribution in [0.4, 0.5) is 0 Å². The molecular weight excluding hydrogens is 302 g/mol. The van der Waals surface area contributed by atoms with Crippen LogP contribution in [0.1, 0.15) is 26.3 Å². The van der Waals surface area contributed by atoms with E-state index >= 15 is 0 Å². The van der Waals surface area contributed by atoms with Gasteiger partial charge in [-0.15, -0.1) is 0 Å². The van der Waals surface area contributed by atoms with Crippen LogP contribution in [0.5, 0.6) is 5.75 Å². The molecule has 0 radical (unpaired) electrons. The molecule has 23 heavy (non-hydrogen) atoms. The highest BCUT2D eigenvalue weighted by atomic mass is 28.4. The van der Waals surface area contributed by atoms with E-state index in [9.17, 15) is 0 Å². The van der Waals surface area contributed by atoms with Gasteiger partial charge in [-0.1, -0.05) is 51.1 Å². The third-order valence-electron chi connectivity index (χ3n) is 4.86. The first-order valence-corrected chi connectivity index (χ1v) is 11.5. The summed E-state index contributed by atoms with van der Waals surface area (Å²) in [7, 11) is -1.81. The Labute approximate surface area is 142 Å². The lowest BCUT2D eigenvalue weighted by atomic mass is 10.2. The van der Waals surface area contributed by atoms with Crippen LogP contribution in [0.2, 0.25) is 18.1 Å². The molecule has 1 aliphatic rings. The Kier molecular flexibility index (Phi) is 6.06. The first kappa shape index (κ1) is 18.2. The summed E-state index contributed by atoms with van der Waals surface area (Å²) in [5.74, 6) is 1.01. The summed E-state index contributed by atoms with van der Waals surface area (Å²) in [5, 5.41) is 0.206. The molecule has 0 saturated carbocycles. The van der Waals surface area contributed by atoms with E-state index in [1.165, 1.54) is 5.56 Å². The number of nitrogens with zero attached hydrogens (tertiary/aromatic N) is 1. The van der Waals surface area contributed by atoms with Crippen LogP contribution in [-0.2, 0) is 4.74 Å². The number of hydrogen-bond acceptors (Lipinski definition) is 3. The van der Waals surface area contributed by atoms with Gasteiger partial charge in [0.1, 0.15) is 5.75 Å². The first-order valence-electron chi connectivity index (χ1n) is 8.54. The van der Waals surface area contributed by atoms with Crippen molar-refractivity contribution in [2.75, 3.05) is 32.8 Å². The molecule has 0 atom stereocenters. The molecule has 1 aromatic rings. The molecule has 3 nitrogen and oxygen atoms in total. The molecule has 0 bridgehead atoms. The highest BCUT2D eigenvalue weighted by Crippen LogP contribution is 2.38. The Morgan fingerprint density at radius 2 is 1.83 bits per heavy atom. The van der Waals surface area contributed by atoms with Crippen molar-refractivity contribution >= 4 is 14.4 Å². The second-order valence-corrected chi connectivity index (χ2v) is 12.4. The molecule has 2 rings (SSSR count). The molecular formula is C19H31NO2Si. The number of rotatable bonds is 5. The maximum Gasteiger partial charge on any atom is 0.250 e. The standard InChI is InChI=1S/C19H31NO2Si/c1-19(2,3)23(4,5)22-18-11-7-6-9-17(18)10-8-12-20-13-15-21-16-14-20/h6-11H,12-16H2,1-5H3/b10-8-. The normalized spacial score (nSPS) is 17.6. The lowest BCUT2D eigenvalue weighted by Crippen LogP contribution is -2.44. The minimum Gasteiger partial charge on any atom is -0.543 e. The SMILES string of the molecule is CC(C)(C)[Si](C)(C)Oc1ccccc1/C=C\CN1CCOCC1. The molecule has 1 fully saturated rings. The second-order valence-electron chi connectivity index (χ2n) is 7.72. The van der Waals surface area contributed by atoms with Gasteiger partial charge in [0.05, 0.1) is 13.2 Å². The fourth-order valence-corrected chi connectivity index (χ4v) is 3.29. The minimum absolute atomic E-state index is 0.206. The molecule has 0 aliphatic carbocycles. The van der Waals surface area contributed by atoms with Crippen LogP contribution in [0.15, 0.2) is 30.3 Å². The van der Waals surface area contributed by atoms with Crippen LogP contribution in [0.25, 0.3) is 6.08 Å². The van der Waals surface area contributed by atoms with Crippen molar-refractivity contribution in [3.05, 3.63) is 35.9 Å². The minimum atomic E-state index is -1.81. The summed E-state index contributed by atoms with van der Waals surface area (Å²) in [5.41, 5.74) is 1.17. The average molecular weight is 334 g/mol. The van der Waals surface area contributed by atoms with E-state index in [-0.39, 0.29) is 5.04 Å². The molecule has 0 aromatic heterocycles. The molecule has 0 amide bonds. The third-order valence-corrected chi connectivity index (χ3v) is 9.20. The Balaban J connectivity index is 2.05. The van der Waals surface area contributed by atoms with E-state index in [1.807, 2.05) is 0 Å². The summed E-state index contributed by atoms with van der Waals surface area (Å²) >= 11 is 0. The first-order chi connectivity index (χ1) is 10.8. The number of benzene rings is 1. The van der Waals surface area contributed by atoms with Crippen LogP contribution >= 0.6 is 0 Å². The number of ether oxygens (including phenoxy) is 1. The van der Waals surface area contributed by atoms with E-state index in [4.69, 9.17) is 9.16 Å². The predicted octanol–water partition coefficient (Wildman–Crippen LogP) is 4.42. The second kappa shape index (κ2) is 7.64. The smallest absolute Gasteiger partial charge is 0.250 e. The maximum atomic E-state index is 6.49. The molecule has 1 heterocycles. The topological polar surface area (TPSA) is 21.7 Å². The van der Waals surface area contributed by atoms with Crippen molar-refractivity contribution in [2.24, 2.45) is 0 Å². The van der Waals surface area contributed by atoms with Crippen molar-refractivity contribution in [3.8, 4) is 5.75 Å². The Morgan fingerprint density at radius 1 is 1.17 bits per heavy atom. The van der Waals surface area contributed by atoms with E-state index < -0.39 is 8.32 Å². The van der Waals surface area contributed by atoms with Crippen molar-refractivity contribution in [1.82, 2.24) is 4.90 Å². The average Bonchev–Trinajstić information content (AvgIpc) is 2.49. The van der Waals surface area contributed by atoms with Crippen molar-refractivity contribution in [1.29, 1.82) is 0 Å². The molecule has 0 N–H and O–H groups in total. The van der Waals surface area contributed by atoms with Gasteiger partial charge in [-0.3, -0.25) is 4.90 Å². The highest BCUT2D eigenvalue weighted by molar-refractivity contribution is 6.74. The van der Waals surface area contributed by atoms with Crippen LogP contribution in [0.3, 0.4) is 0 Å². The number of para-hydroxylation sites is 1. The van der Waals surface area contributed by atoms with Crippen LogP contribution < -0.4 is 4.43 Å². The molecule has 0 spiro atoms. The van der Waals surface area contributed by atoms with Gasteiger partial charge < -0.3 is 9.16 Å². The van der Waals surface area contributed by atoms with E-state index in [2.05, 4.69) is 75.2 Å². The van der Waals surface area contributed by atoms with Gasteiger partial charge in [-0.2, -0.15) is 0 Å². The summed E-state index contributed by atoms with van der Waals surface area (Å²) in [6, 6.07) is 8.36. The van der Waals surface area contributed by atoms with Crippen LogP contribution in [0, 0.1) is 0 Å².